The zero-order valence-electron chi connectivity index (χ0n) is 36.7. The van der Waals surface area contributed by atoms with Crippen LogP contribution >= 0.6 is 21.6 Å². The van der Waals surface area contributed by atoms with E-state index in [1.807, 2.05) is 77.9 Å². The quantitative estimate of drug-likeness (QED) is 0.0643. The Morgan fingerprint density at radius 3 is 1.22 bits per heavy atom. The highest BCUT2D eigenvalue weighted by molar-refractivity contribution is 8.76. The van der Waals surface area contributed by atoms with Crippen LogP contribution in [0, 0.1) is 11.8 Å². The standard InChI is InChI=1S/C44H72N6O6S2/c1-33(2)21-25-49(27-23-45-41(53)55-43(5,6)7)39(51)47-37(29-35-17-13-11-14-18-35)31-57-58-32-38(30-36-19-15-12-16-20-36)48-40(52)50(26-22-34(3)4)28-24-46-42(54)56-44(8,9)10/h11-20,33-34,37-38H,21-32H2,1-10H3,(H,45,53)(H,46,54)(H,47,51)(H,48,52)/t37-,38-/m1/s1. The summed E-state index contributed by atoms with van der Waals surface area (Å²) in [6, 6.07) is 19.6. The molecule has 0 fully saturated rings. The maximum absolute atomic E-state index is 13.8. The van der Waals surface area contributed by atoms with Crippen LogP contribution in [0.2, 0.25) is 0 Å². The van der Waals surface area contributed by atoms with Gasteiger partial charge in [-0.2, -0.15) is 0 Å². The third-order valence-electron chi connectivity index (χ3n) is 8.55. The molecule has 6 amide bonds. The summed E-state index contributed by atoms with van der Waals surface area (Å²) in [5, 5.41) is 12.2. The van der Waals surface area contributed by atoms with E-state index in [9.17, 15) is 19.2 Å². The highest BCUT2D eigenvalue weighted by atomic mass is 33.1. The maximum Gasteiger partial charge on any atom is 0.407 e. The summed E-state index contributed by atoms with van der Waals surface area (Å²) in [6.45, 7) is 21.8. The minimum absolute atomic E-state index is 0.168. The van der Waals surface area contributed by atoms with E-state index >= 15 is 0 Å². The number of amides is 6. The number of ether oxygens (including phenoxy) is 2. The Labute approximate surface area is 356 Å². The number of carbonyl (C=O) groups excluding carboxylic acids is 4. The molecule has 0 aliphatic heterocycles. The van der Waals surface area contributed by atoms with Gasteiger partial charge in [-0.1, -0.05) is 110 Å². The SMILES string of the molecule is CC(C)CCN(CCNC(=O)OC(C)(C)C)C(=O)N[C@@H](CSSC[C@@H](Cc1ccccc1)NC(=O)N(CCNC(=O)OC(C)(C)C)CCC(C)C)Cc1ccccc1. The van der Waals surface area contributed by atoms with Crippen molar-refractivity contribution in [3.05, 3.63) is 71.8 Å². The predicted octanol–water partition coefficient (Wildman–Crippen LogP) is 8.76. The van der Waals surface area contributed by atoms with Gasteiger partial charge in [0.15, 0.2) is 0 Å². The summed E-state index contributed by atoms with van der Waals surface area (Å²) < 4.78 is 10.8. The van der Waals surface area contributed by atoms with Crippen molar-refractivity contribution in [3.8, 4) is 0 Å². The smallest absolute Gasteiger partial charge is 0.407 e. The number of nitrogens with one attached hydrogen (secondary N) is 4. The first-order valence-corrected chi connectivity index (χ1v) is 23.1. The lowest BCUT2D eigenvalue weighted by molar-refractivity contribution is 0.0512. The third kappa shape index (κ3) is 24.2. The Morgan fingerprint density at radius 1 is 0.569 bits per heavy atom. The second-order valence-electron chi connectivity index (χ2n) is 17.4. The summed E-state index contributed by atoms with van der Waals surface area (Å²) in [5.41, 5.74) is 1.02. The van der Waals surface area contributed by atoms with Gasteiger partial charge in [0.2, 0.25) is 0 Å². The summed E-state index contributed by atoms with van der Waals surface area (Å²) >= 11 is 0. The molecule has 0 aromatic heterocycles. The van der Waals surface area contributed by atoms with Gasteiger partial charge in [-0.15, -0.1) is 0 Å². The van der Waals surface area contributed by atoms with Crippen molar-refractivity contribution in [2.45, 2.75) is 118 Å². The average molecular weight is 845 g/mol. The molecule has 14 heteroatoms. The van der Waals surface area contributed by atoms with Crippen LogP contribution in [0.5, 0.6) is 0 Å². The third-order valence-corrected chi connectivity index (χ3v) is 11.1. The van der Waals surface area contributed by atoms with Crippen LogP contribution < -0.4 is 21.3 Å². The highest BCUT2D eigenvalue weighted by Gasteiger charge is 2.23. The lowest BCUT2D eigenvalue weighted by Gasteiger charge is -2.28. The van der Waals surface area contributed by atoms with E-state index in [2.05, 4.69) is 73.2 Å². The number of nitrogens with zero attached hydrogens (tertiary/aromatic N) is 2. The van der Waals surface area contributed by atoms with E-state index in [1.165, 1.54) is 0 Å². The molecule has 0 unspecified atom stereocenters. The number of hydrogen-bond acceptors (Lipinski definition) is 8. The van der Waals surface area contributed by atoms with Gasteiger partial charge in [-0.25, -0.2) is 19.2 Å². The highest BCUT2D eigenvalue weighted by Crippen LogP contribution is 2.25. The van der Waals surface area contributed by atoms with Crippen molar-refractivity contribution in [2.75, 3.05) is 50.8 Å². The van der Waals surface area contributed by atoms with Crippen molar-refractivity contribution in [1.82, 2.24) is 31.1 Å². The zero-order valence-corrected chi connectivity index (χ0v) is 38.4. The first-order valence-electron chi connectivity index (χ1n) is 20.7. The van der Waals surface area contributed by atoms with Crippen molar-refractivity contribution in [3.63, 3.8) is 0 Å². The van der Waals surface area contributed by atoms with E-state index < -0.39 is 23.4 Å². The largest absolute Gasteiger partial charge is 0.444 e. The van der Waals surface area contributed by atoms with E-state index in [-0.39, 0.29) is 37.2 Å². The van der Waals surface area contributed by atoms with Gasteiger partial charge in [0.05, 0.1) is 0 Å². The van der Waals surface area contributed by atoms with Gasteiger partial charge in [0, 0.05) is 62.9 Å². The fourth-order valence-electron chi connectivity index (χ4n) is 5.56. The molecular formula is C44H72N6O6S2. The first kappa shape index (κ1) is 50.4. The molecule has 326 valence electrons. The van der Waals surface area contributed by atoms with E-state index in [0.717, 1.165) is 24.0 Å². The molecule has 2 aromatic rings. The molecule has 0 saturated carbocycles. The molecule has 0 heterocycles. The first-order chi connectivity index (χ1) is 27.3. The Kier molecular flexibility index (Phi) is 22.9. The molecule has 4 N–H and O–H groups in total. The van der Waals surface area contributed by atoms with Crippen LogP contribution in [0.25, 0.3) is 0 Å². The second kappa shape index (κ2) is 26.3. The lowest BCUT2D eigenvalue weighted by Crippen LogP contribution is -2.49. The van der Waals surface area contributed by atoms with Gasteiger partial charge in [-0.05, 0) is 90.2 Å². The van der Waals surface area contributed by atoms with Crippen LogP contribution in [0.15, 0.2) is 60.7 Å². The number of alkyl carbamates (subject to hydrolysis) is 2. The van der Waals surface area contributed by atoms with Gasteiger partial charge < -0.3 is 40.5 Å². The van der Waals surface area contributed by atoms with E-state index in [0.29, 0.717) is 62.4 Å². The normalized spacial score (nSPS) is 12.7. The predicted molar refractivity (Wildman–Crippen MR) is 240 cm³/mol. The van der Waals surface area contributed by atoms with Crippen LogP contribution in [0.1, 0.15) is 93.2 Å². The van der Waals surface area contributed by atoms with Crippen LogP contribution in [-0.4, -0.2) is 108 Å². The molecule has 0 aliphatic rings. The van der Waals surface area contributed by atoms with Crippen molar-refractivity contribution in [2.24, 2.45) is 11.8 Å². The van der Waals surface area contributed by atoms with Gasteiger partial charge in [-0.3, -0.25) is 0 Å². The fourth-order valence-corrected chi connectivity index (χ4v) is 8.05. The molecule has 0 spiro atoms. The minimum atomic E-state index is -0.609. The van der Waals surface area contributed by atoms with E-state index in [1.54, 1.807) is 31.4 Å². The summed E-state index contributed by atoms with van der Waals surface area (Å²) in [7, 11) is 3.35. The minimum Gasteiger partial charge on any atom is -0.444 e. The summed E-state index contributed by atoms with van der Waals surface area (Å²) in [5.74, 6) is 2.09. The number of hydrogen-bond donors (Lipinski definition) is 4. The monoisotopic (exact) mass is 844 g/mol. The Morgan fingerprint density at radius 2 is 0.914 bits per heavy atom. The van der Waals surface area contributed by atoms with Crippen molar-refractivity contribution >= 4 is 45.8 Å². The van der Waals surface area contributed by atoms with Crippen molar-refractivity contribution in [1.29, 1.82) is 0 Å². The van der Waals surface area contributed by atoms with E-state index in [4.69, 9.17) is 9.47 Å². The number of carbonyl (C=O) groups is 4. The second-order valence-corrected chi connectivity index (χ2v) is 20.0. The van der Waals surface area contributed by atoms with Gasteiger partial charge in [0.1, 0.15) is 11.2 Å². The van der Waals surface area contributed by atoms with Crippen LogP contribution in [0.3, 0.4) is 0 Å². The molecule has 12 nitrogen and oxygen atoms in total. The molecule has 0 bridgehead atoms. The average Bonchev–Trinajstić information content (AvgIpc) is 3.11. The molecule has 2 rings (SSSR count). The topological polar surface area (TPSA) is 141 Å². The molecular weight excluding hydrogens is 773 g/mol. The Hall–Kier alpha value is -3.78. The van der Waals surface area contributed by atoms with Crippen LogP contribution in [-0.2, 0) is 22.3 Å². The molecule has 0 radical (unpaired) electrons. The Balaban J connectivity index is 2.14. The summed E-state index contributed by atoms with van der Waals surface area (Å²) in [4.78, 5) is 55.8. The summed E-state index contributed by atoms with van der Waals surface area (Å²) in [6.07, 6.45) is 1.95. The van der Waals surface area contributed by atoms with Crippen LogP contribution in [0.4, 0.5) is 19.2 Å². The molecule has 2 aromatic carbocycles. The number of rotatable bonds is 23. The zero-order chi connectivity index (χ0) is 43.1. The van der Waals surface area contributed by atoms with Gasteiger partial charge >= 0.3 is 24.2 Å². The fraction of sp³-hybridized carbons (Fsp3) is 0.636. The molecule has 2 atom stereocenters. The maximum atomic E-state index is 13.8. The molecule has 0 saturated heterocycles. The number of urea groups is 2. The lowest BCUT2D eigenvalue weighted by atomic mass is 10.1. The molecule has 0 aliphatic carbocycles. The Bertz CT molecular complexity index is 1380. The van der Waals surface area contributed by atoms with Crippen molar-refractivity contribution < 1.29 is 28.7 Å². The molecule has 58 heavy (non-hydrogen) atoms. The van der Waals surface area contributed by atoms with Gasteiger partial charge in [0.25, 0.3) is 0 Å². The number of benzene rings is 2.